The molecule has 0 fully saturated rings. The molecule has 202 valence electrons. The third kappa shape index (κ3) is 5.89. The molecule has 0 radical (unpaired) electrons. The number of nitro groups is 2. The Hall–Kier alpha value is -5.55. The molecule has 1 aliphatic rings. The van der Waals surface area contributed by atoms with Crippen LogP contribution in [0.15, 0.2) is 117 Å². The molecule has 1 aliphatic heterocycles. The van der Waals surface area contributed by atoms with Gasteiger partial charge in [0.15, 0.2) is 0 Å². The van der Waals surface area contributed by atoms with Crippen LogP contribution in [0.3, 0.4) is 0 Å². The number of allylic oxidation sites excluding steroid dienone is 2. The van der Waals surface area contributed by atoms with Gasteiger partial charge in [-0.3, -0.25) is 30.2 Å². The molecule has 41 heavy (non-hydrogen) atoms. The fourth-order valence-corrected chi connectivity index (χ4v) is 5.97. The molecule has 5 rings (SSSR count). The number of benzene rings is 4. The van der Waals surface area contributed by atoms with Crippen LogP contribution in [0.4, 0.5) is 22.7 Å². The number of hydrogen-bond acceptors (Lipinski definition) is 8. The quantitative estimate of drug-likeness (QED) is 0.111. The summed E-state index contributed by atoms with van der Waals surface area (Å²) in [6.07, 6.45) is 9.54. The molecule has 0 N–H and O–H groups in total. The standard InChI is InChI=1S/C30H20N4O6S/c35-33(36)25-9-1-5-21(17-25)7-3-15-31-23-11-13-27-28-14-12-24(20-30(28)41(39,40)29(27)19-23)32-16-4-8-22-6-2-10-26(18-22)34(37)38/h1-20H/b7-3-,8-4-,31-15?,32-16?. The number of aliphatic imine (C=N–C) groups is 2. The van der Waals surface area contributed by atoms with E-state index in [-0.39, 0.29) is 21.2 Å². The van der Waals surface area contributed by atoms with Crippen LogP contribution >= 0.6 is 0 Å². The SMILES string of the molecule is O=[N+]([O-])c1cccc(/C=C\C=Nc2ccc3c(c2)S(=O)(=O)c2cc(N=C/C=C\c4cccc([N+](=O)[O-])c4)ccc2-3)c1. The average molecular weight is 565 g/mol. The highest BCUT2D eigenvalue weighted by molar-refractivity contribution is 7.92. The molecule has 10 nitrogen and oxygen atoms in total. The Morgan fingerprint density at radius 2 is 1.05 bits per heavy atom. The van der Waals surface area contributed by atoms with Crippen molar-refractivity contribution in [2.75, 3.05) is 0 Å². The molecule has 0 saturated heterocycles. The Morgan fingerprint density at radius 3 is 1.46 bits per heavy atom. The van der Waals surface area contributed by atoms with Crippen molar-refractivity contribution in [3.63, 3.8) is 0 Å². The summed E-state index contributed by atoms with van der Waals surface area (Å²) in [7, 11) is -3.79. The zero-order chi connectivity index (χ0) is 29.0. The van der Waals surface area contributed by atoms with Crippen LogP contribution in [0, 0.1) is 20.2 Å². The van der Waals surface area contributed by atoms with Gasteiger partial charge in [-0.2, -0.15) is 0 Å². The Kier molecular flexibility index (Phi) is 7.44. The lowest BCUT2D eigenvalue weighted by Crippen LogP contribution is -1.96. The number of rotatable bonds is 8. The first-order valence-corrected chi connectivity index (χ1v) is 13.6. The Balaban J connectivity index is 1.32. The second kappa shape index (κ2) is 11.3. The molecule has 1 heterocycles. The van der Waals surface area contributed by atoms with E-state index in [1.165, 1.54) is 48.8 Å². The van der Waals surface area contributed by atoms with E-state index in [9.17, 15) is 28.6 Å². The first-order valence-electron chi connectivity index (χ1n) is 12.2. The van der Waals surface area contributed by atoms with Gasteiger partial charge in [0.2, 0.25) is 9.84 Å². The van der Waals surface area contributed by atoms with Crippen molar-refractivity contribution >= 4 is 57.2 Å². The smallest absolute Gasteiger partial charge is 0.258 e. The average Bonchev–Trinajstić information content (AvgIpc) is 3.19. The van der Waals surface area contributed by atoms with Crippen molar-refractivity contribution in [2.24, 2.45) is 9.98 Å². The lowest BCUT2D eigenvalue weighted by molar-refractivity contribution is -0.385. The molecule has 0 amide bonds. The molecule has 4 aromatic carbocycles. The summed E-state index contributed by atoms with van der Waals surface area (Å²) in [6, 6.07) is 22.2. The van der Waals surface area contributed by atoms with E-state index < -0.39 is 19.7 Å². The maximum Gasteiger partial charge on any atom is 0.270 e. The predicted molar refractivity (Wildman–Crippen MR) is 158 cm³/mol. The van der Waals surface area contributed by atoms with Crippen LogP contribution in [0.5, 0.6) is 0 Å². The van der Waals surface area contributed by atoms with Gasteiger partial charge in [-0.15, -0.1) is 0 Å². The van der Waals surface area contributed by atoms with E-state index in [1.807, 2.05) is 0 Å². The molecular weight excluding hydrogens is 544 g/mol. The topological polar surface area (TPSA) is 145 Å². The summed E-state index contributed by atoms with van der Waals surface area (Å²) < 4.78 is 26.7. The van der Waals surface area contributed by atoms with Crippen LogP contribution in [-0.4, -0.2) is 30.7 Å². The predicted octanol–water partition coefficient (Wildman–Crippen LogP) is 7.15. The summed E-state index contributed by atoms with van der Waals surface area (Å²) in [5, 5.41) is 21.9. The number of hydrogen-bond donors (Lipinski definition) is 0. The highest BCUT2D eigenvalue weighted by Crippen LogP contribution is 2.45. The Bertz CT molecular complexity index is 1790. The monoisotopic (exact) mass is 564 g/mol. The highest BCUT2D eigenvalue weighted by Gasteiger charge is 2.33. The molecule has 0 atom stereocenters. The minimum absolute atomic E-state index is 0.0155. The van der Waals surface area contributed by atoms with Crippen LogP contribution in [0.2, 0.25) is 0 Å². The minimum atomic E-state index is -3.79. The third-order valence-electron chi connectivity index (χ3n) is 6.16. The van der Waals surface area contributed by atoms with Crippen molar-refractivity contribution in [1.29, 1.82) is 0 Å². The van der Waals surface area contributed by atoms with Crippen LogP contribution in [-0.2, 0) is 9.84 Å². The third-order valence-corrected chi connectivity index (χ3v) is 7.99. The van der Waals surface area contributed by atoms with E-state index in [2.05, 4.69) is 9.98 Å². The molecule has 0 aromatic heterocycles. The lowest BCUT2D eigenvalue weighted by Gasteiger charge is -2.00. The summed E-state index contributed by atoms with van der Waals surface area (Å²) in [6.45, 7) is 0. The normalized spacial score (nSPS) is 13.8. The number of nitrogens with zero attached hydrogens (tertiary/aromatic N) is 4. The first-order chi connectivity index (χ1) is 19.7. The molecule has 11 heteroatoms. The van der Waals surface area contributed by atoms with Gasteiger partial charge in [-0.05, 0) is 47.5 Å². The van der Waals surface area contributed by atoms with Gasteiger partial charge in [0, 0.05) is 47.8 Å². The molecule has 0 unspecified atom stereocenters. The molecule has 0 spiro atoms. The molecule has 4 aromatic rings. The summed E-state index contributed by atoms with van der Waals surface area (Å²) in [5.74, 6) is 0. The second-order valence-corrected chi connectivity index (χ2v) is 10.7. The van der Waals surface area contributed by atoms with Gasteiger partial charge in [-0.1, -0.05) is 48.6 Å². The van der Waals surface area contributed by atoms with E-state index in [0.29, 0.717) is 33.6 Å². The van der Waals surface area contributed by atoms with Gasteiger partial charge >= 0.3 is 0 Å². The number of non-ortho nitro benzene ring substituents is 2. The largest absolute Gasteiger partial charge is 0.270 e. The summed E-state index contributed by atoms with van der Waals surface area (Å²) in [4.78, 5) is 29.8. The fraction of sp³-hybridized carbons (Fsp3) is 0. The molecule has 0 bridgehead atoms. The molecular formula is C30H20N4O6S. The van der Waals surface area contributed by atoms with E-state index in [4.69, 9.17) is 0 Å². The molecule has 0 aliphatic carbocycles. The van der Waals surface area contributed by atoms with Gasteiger partial charge in [0.1, 0.15) is 0 Å². The minimum Gasteiger partial charge on any atom is -0.258 e. The summed E-state index contributed by atoms with van der Waals surface area (Å²) in [5.41, 5.74) is 3.27. The maximum atomic E-state index is 13.3. The van der Waals surface area contributed by atoms with E-state index in [0.717, 1.165) is 0 Å². The zero-order valence-electron chi connectivity index (χ0n) is 21.2. The zero-order valence-corrected chi connectivity index (χ0v) is 22.0. The van der Waals surface area contributed by atoms with Crippen molar-refractivity contribution < 1.29 is 18.3 Å². The van der Waals surface area contributed by atoms with Gasteiger partial charge in [-0.25, -0.2) is 8.42 Å². The lowest BCUT2D eigenvalue weighted by atomic mass is 10.1. The van der Waals surface area contributed by atoms with Gasteiger partial charge in [0.25, 0.3) is 11.4 Å². The number of fused-ring (bicyclic) bond motifs is 3. The van der Waals surface area contributed by atoms with Crippen molar-refractivity contribution in [3.8, 4) is 11.1 Å². The Morgan fingerprint density at radius 1 is 0.610 bits per heavy atom. The van der Waals surface area contributed by atoms with Gasteiger partial charge < -0.3 is 0 Å². The van der Waals surface area contributed by atoms with E-state index in [1.54, 1.807) is 72.8 Å². The maximum absolute atomic E-state index is 13.3. The van der Waals surface area contributed by atoms with E-state index >= 15 is 0 Å². The van der Waals surface area contributed by atoms with Gasteiger partial charge in [0.05, 0.1) is 31.0 Å². The first kappa shape index (κ1) is 27.0. The second-order valence-electron chi connectivity index (χ2n) is 8.84. The summed E-state index contributed by atoms with van der Waals surface area (Å²) >= 11 is 0. The Labute approximate surface area is 234 Å². The highest BCUT2D eigenvalue weighted by atomic mass is 32.2. The van der Waals surface area contributed by atoms with Crippen molar-refractivity contribution in [3.05, 3.63) is 128 Å². The molecule has 0 saturated carbocycles. The number of nitro benzene ring substituents is 2. The van der Waals surface area contributed by atoms with Crippen molar-refractivity contribution in [1.82, 2.24) is 0 Å². The van der Waals surface area contributed by atoms with Crippen LogP contribution in [0.25, 0.3) is 23.3 Å². The van der Waals surface area contributed by atoms with Crippen molar-refractivity contribution in [2.45, 2.75) is 9.79 Å². The van der Waals surface area contributed by atoms with Crippen LogP contribution < -0.4 is 0 Å². The fourth-order valence-electron chi connectivity index (χ4n) is 4.24. The van der Waals surface area contributed by atoms with Crippen LogP contribution in [0.1, 0.15) is 11.1 Å². The number of sulfone groups is 1.